The normalized spacial score (nSPS) is 12.7. The van der Waals surface area contributed by atoms with Crippen LogP contribution in [0.25, 0.3) is 0 Å². The molecule has 0 heterocycles. The van der Waals surface area contributed by atoms with Crippen LogP contribution >= 0.6 is 12.4 Å². The molecule has 0 amide bonds. The van der Waals surface area contributed by atoms with Crippen LogP contribution in [0.4, 0.5) is 17.6 Å². The summed E-state index contributed by atoms with van der Waals surface area (Å²) < 4.78 is 50.4. The monoisotopic (exact) mass is 283 g/mol. The Bertz CT molecular complexity index is 404. The number of nitrogens with two attached hydrogens (primary N) is 1. The van der Waals surface area contributed by atoms with Crippen LogP contribution in [-0.4, -0.2) is 0 Å². The van der Waals surface area contributed by atoms with Crippen LogP contribution in [0, 0.1) is 5.82 Å². The van der Waals surface area contributed by atoms with Gasteiger partial charge in [0.05, 0.1) is 5.56 Å². The molecule has 0 aliphatic carbocycles. The molecule has 0 unspecified atom stereocenters. The minimum atomic E-state index is -4.56. The van der Waals surface area contributed by atoms with E-state index < -0.39 is 23.6 Å². The topological polar surface area (TPSA) is 26.0 Å². The van der Waals surface area contributed by atoms with Crippen molar-refractivity contribution in [1.29, 1.82) is 0 Å². The van der Waals surface area contributed by atoms with Crippen LogP contribution in [0.5, 0.6) is 0 Å². The van der Waals surface area contributed by atoms with Crippen molar-refractivity contribution in [3.05, 3.63) is 47.8 Å². The standard InChI is InChI=1S/C12H13F4N.ClH/c1-2-3-4-11(17)8-5-9(12(14,15)16)7-10(13)6-8;/h2,5-7,11H,1,3-4,17H2;1H/t11-;/m1./s1. The van der Waals surface area contributed by atoms with Crippen molar-refractivity contribution in [3.8, 4) is 0 Å². The summed E-state index contributed by atoms with van der Waals surface area (Å²) in [4.78, 5) is 0. The van der Waals surface area contributed by atoms with Gasteiger partial charge in [0, 0.05) is 6.04 Å². The maximum Gasteiger partial charge on any atom is 0.416 e. The predicted octanol–water partition coefficient (Wildman–Crippen LogP) is 4.23. The Morgan fingerprint density at radius 2 is 1.89 bits per heavy atom. The van der Waals surface area contributed by atoms with Crippen molar-refractivity contribution < 1.29 is 17.6 Å². The van der Waals surface area contributed by atoms with Crippen LogP contribution in [0.2, 0.25) is 0 Å². The molecule has 0 aromatic heterocycles. The summed E-state index contributed by atoms with van der Waals surface area (Å²) in [5.74, 6) is -0.927. The number of benzene rings is 1. The van der Waals surface area contributed by atoms with Crippen LogP contribution in [-0.2, 0) is 6.18 Å². The average molecular weight is 284 g/mol. The van der Waals surface area contributed by atoms with Gasteiger partial charge in [-0.3, -0.25) is 0 Å². The molecular formula is C12H14ClF4N. The molecule has 1 rings (SSSR count). The zero-order valence-electron chi connectivity index (χ0n) is 9.51. The fourth-order valence-electron chi connectivity index (χ4n) is 1.45. The van der Waals surface area contributed by atoms with E-state index in [0.29, 0.717) is 18.9 Å². The Balaban J connectivity index is 0.00000289. The predicted molar refractivity (Wildman–Crippen MR) is 65.0 cm³/mol. The summed E-state index contributed by atoms with van der Waals surface area (Å²) in [6, 6.07) is 1.76. The van der Waals surface area contributed by atoms with E-state index in [2.05, 4.69) is 6.58 Å². The second-order valence-corrected chi connectivity index (χ2v) is 3.74. The van der Waals surface area contributed by atoms with E-state index in [4.69, 9.17) is 5.73 Å². The highest BCUT2D eigenvalue weighted by atomic mass is 35.5. The fourth-order valence-corrected chi connectivity index (χ4v) is 1.45. The van der Waals surface area contributed by atoms with Crippen LogP contribution in [0.3, 0.4) is 0 Å². The molecule has 0 aliphatic heterocycles. The van der Waals surface area contributed by atoms with Gasteiger partial charge in [0.1, 0.15) is 5.82 Å². The second-order valence-electron chi connectivity index (χ2n) is 3.74. The minimum Gasteiger partial charge on any atom is -0.324 e. The zero-order valence-corrected chi connectivity index (χ0v) is 10.3. The van der Waals surface area contributed by atoms with E-state index in [0.717, 1.165) is 12.1 Å². The van der Waals surface area contributed by atoms with Crippen molar-refractivity contribution >= 4 is 12.4 Å². The van der Waals surface area contributed by atoms with E-state index in [1.54, 1.807) is 6.08 Å². The lowest BCUT2D eigenvalue weighted by atomic mass is 10.0. The number of rotatable bonds is 4. The van der Waals surface area contributed by atoms with Gasteiger partial charge in [-0.15, -0.1) is 19.0 Å². The lowest BCUT2D eigenvalue weighted by Gasteiger charge is -2.14. The highest BCUT2D eigenvalue weighted by Gasteiger charge is 2.31. The first-order valence-electron chi connectivity index (χ1n) is 5.08. The smallest absolute Gasteiger partial charge is 0.324 e. The molecule has 0 spiro atoms. The Morgan fingerprint density at radius 1 is 1.28 bits per heavy atom. The largest absolute Gasteiger partial charge is 0.416 e. The molecule has 1 nitrogen and oxygen atoms in total. The highest BCUT2D eigenvalue weighted by molar-refractivity contribution is 5.85. The lowest BCUT2D eigenvalue weighted by molar-refractivity contribution is -0.137. The molecule has 0 fully saturated rings. The van der Waals surface area contributed by atoms with Crippen molar-refractivity contribution in [1.82, 2.24) is 0 Å². The minimum absolute atomic E-state index is 0. The molecule has 0 saturated carbocycles. The zero-order chi connectivity index (χ0) is 13.1. The van der Waals surface area contributed by atoms with Gasteiger partial charge < -0.3 is 5.73 Å². The summed E-state index contributed by atoms with van der Waals surface area (Å²) in [5, 5.41) is 0. The molecule has 0 radical (unpaired) electrons. The van der Waals surface area contributed by atoms with E-state index in [1.807, 2.05) is 0 Å². The highest BCUT2D eigenvalue weighted by Crippen LogP contribution is 2.32. The summed E-state index contributed by atoms with van der Waals surface area (Å²) >= 11 is 0. The molecule has 0 aliphatic rings. The summed E-state index contributed by atoms with van der Waals surface area (Å²) in [5.41, 5.74) is 4.82. The van der Waals surface area contributed by atoms with E-state index in [-0.39, 0.29) is 18.0 Å². The molecule has 1 atom stereocenters. The third-order valence-electron chi connectivity index (χ3n) is 2.36. The molecule has 102 valence electrons. The molecule has 2 N–H and O–H groups in total. The van der Waals surface area contributed by atoms with Crippen molar-refractivity contribution in [3.63, 3.8) is 0 Å². The third kappa shape index (κ3) is 4.66. The van der Waals surface area contributed by atoms with Gasteiger partial charge in [-0.2, -0.15) is 13.2 Å². The number of allylic oxidation sites excluding steroid dienone is 1. The van der Waals surface area contributed by atoms with Crippen LogP contribution in [0.1, 0.15) is 30.0 Å². The number of hydrogen-bond acceptors (Lipinski definition) is 1. The molecule has 0 saturated heterocycles. The molecule has 1 aromatic carbocycles. The van der Waals surface area contributed by atoms with Gasteiger partial charge in [0.2, 0.25) is 0 Å². The summed E-state index contributed by atoms with van der Waals surface area (Å²) in [7, 11) is 0. The number of hydrogen-bond donors (Lipinski definition) is 1. The average Bonchev–Trinajstić information content (AvgIpc) is 2.23. The van der Waals surface area contributed by atoms with E-state index in [9.17, 15) is 17.6 Å². The summed E-state index contributed by atoms with van der Waals surface area (Å²) in [6.45, 7) is 3.49. The first kappa shape index (κ1) is 16.9. The van der Waals surface area contributed by atoms with Gasteiger partial charge in [0.25, 0.3) is 0 Å². The maximum absolute atomic E-state index is 13.1. The number of alkyl halides is 3. The van der Waals surface area contributed by atoms with E-state index >= 15 is 0 Å². The second kappa shape index (κ2) is 6.75. The molecular weight excluding hydrogens is 270 g/mol. The van der Waals surface area contributed by atoms with Crippen molar-refractivity contribution in [2.24, 2.45) is 5.73 Å². The summed E-state index contributed by atoms with van der Waals surface area (Å²) in [6.07, 6.45) is -1.94. The quantitative estimate of drug-likeness (QED) is 0.649. The SMILES string of the molecule is C=CCC[C@@H](N)c1cc(F)cc(C(F)(F)F)c1.Cl. The number of halogens is 5. The van der Waals surface area contributed by atoms with E-state index in [1.165, 1.54) is 0 Å². The Hall–Kier alpha value is -1.07. The maximum atomic E-state index is 13.1. The fraction of sp³-hybridized carbons (Fsp3) is 0.333. The third-order valence-corrected chi connectivity index (χ3v) is 2.36. The van der Waals surface area contributed by atoms with Crippen molar-refractivity contribution in [2.45, 2.75) is 25.1 Å². The van der Waals surface area contributed by atoms with Gasteiger partial charge >= 0.3 is 6.18 Å². The van der Waals surface area contributed by atoms with Crippen LogP contribution < -0.4 is 5.73 Å². The van der Waals surface area contributed by atoms with Gasteiger partial charge in [-0.1, -0.05) is 6.08 Å². The van der Waals surface area contributed by atoms with Gasteiger partial charge in [-0.25, -0.2) is 4.39 Å². The molecule has 6 heteroatoms. The Kier molecular flexibility index (Phi) is 6.35. The van der Waals surface area contributed by atoms with Crippen molar-refractivity contribution in [2.75, 3.05) is 0 Å². The first-order valence-corrected chi connectivity index (χ1v) is 5.08. The Morgan fingerprint density at radius 3 is 2.39 bits per heavy atom. The molecule has 18 heavy (non-hydrogen) atoms. The first-order chi connectivity index (χ1) is 7.84. The van der Waals surface area contributed by atoms with Crippen LogP contribution in [0.15, 0.2) is 30.9 Å². The lowest BCUT2D eigenvalue weighted by Crippen LogP contribution is -2.13. The van der Waals surface area contributed by atoms with Gasteiger partial charge in [0.15, 0.2) is 0 Å². The van der Waals surface area contributed by atoms with Gasteiger partial charge in [-0.05, 0) is 36.6 Å². The molecule has 1 aromatic rings. The Labute approximate surface area is 109 Å². The molecule has 0 bridgehead atoms.